The first-order valence-electron chi connectivity index (χ1n) is 2.84. The van der Waals surface area contributed by atoms with E-state index in [1.165, 1.54) is 18.6 Å². The van der Waals surface area contributed by atoms with Gasteiger partial charge in [0.25, 0.3) is 0 Å². The molecule has 0 fully saturated rings. The summed E-state index contributed by atoms with van der Waals surface area (Å²) < 4.78 is 0. The second kappa shape index (κ2) is 3.03. The highest BCUT2D eigenvalue weighted by Crippen LogP contribution is 1.89. The number of hydrogen-bond donors (Lipinski definition) is 1. The van der Waals surface area contributed by atoms with Crippen LogP contribution < -0.4 is 5.73 Å². The van der Waals surface area contributed by atoms with Crippen LogP contribution in [0.2, 0.25) is 0 Å². The average molecular weight is 137 g/mol. The van der Waals surface area contributed by atoms with E-state index in [2.05, 4.69) is 9.97 Å². The van der Waals surface area contributed by atoms with Gasteiger partial charge in [-0.25, -0.2) is 9.97 Å². The van der Waals surface area contributed by atoms with E-state index in [0.717, 1.165) is 0 Å². The molecular weight excluding hydrogens is 130 g/mol. The molecule has 4 heteroatoms. The zero-order valence-electron chi connectivity index (χ0n) is 5.32. The van der Waals surface area contributed by atoms with E-state index in [4.69, 9.17) is 5.73 Å². The van der Waals surface area contributed by atoms with Crippen molar-refractivity contribution in [2.24, 2.45) is 5.73 Å². The number of Topliss-reactive ketones (excluding diaryl/α,β-unsaturated/α-hetero) is 1. The van der Waals surface area contributed by atoms with Crippen LogP contribution in [0, 0.1) is 0 Å². The summed E-state index contributed by atoms with van der Waals surface area (Å²) in [6.45, 7) is -0.00296. The number of nitrogens with zero attached hydrogens (tertiary/aromatic N) is 2. The second-order valence-corrected chi connectivity index (χ2v) is 1.72. The molecule has 0 amide bonds. The molecule has 52 valence electrons. The lowest BCUT2D eigenvalue weighted by Gasteiger charge is -1.92. The van der Waals surface area contributed by atoms with E-state index in [-0.39, 0.29) is 12.3 Å². The summed E-state index contributed by atoms with van der Waals surface area (Å²) in [5, 5.41) is 0. The highest BCUT2D eigenvalue weighted by molar-refractivity contribution is 5.95. The van der Waals surface area contributed by atoms with Gasteiger partial charge in [-0.05, 0) is 6.07 Å². The van der Waals surface area contributed by atoms with Crippen LogP contribution in [0.15, 0.2) is 18.6 Å². The maximum atomic E-state index is 10.8. The lowest BCUT2D eigenvalue weighted by Crippen LogP contribution is -2.14. The molecule has 1 rings (SSSR count). The molecule has 0 aliphatic carbocycles. The van der Waals surface area contributed by atoms with Crippen LogP contribution in [0.4, 0.5) is 0 Å². The van der Waals surface area contributed by atoms with Crippen molar-refractivity contribution in [1.82, 2.24) is 9.97 Å². The summed E-state index contributed by atoms with van der Waals surface area (Å²) in [4.78, 5) is 18.2. The maximum Gasteiger partial charge on any atom is 0.194 e. The van der Waals surface area contributed by atoms with Crippen molar-refractivity contribution in [2.45, 2.75) is 0 Å². The molecular formula is C6H7N3O. The lowest BCUT2D eigenvalue weighted by molar-refractivity contribution is 0.0996. The smallest absolute Gasteiger partial charge is 0.194 e. The van der Waals surface area contributed by atoms with E-state index in [0.29, 0.717) is 5.69 Å². The van der Waals surface area contributed by atoms with Crippen molar-refractivity contribution in [2.75, 3.05) is 6.54 Å². The van der Waals surface area contributed by atoms with E-state index >= 15 is 0 Å². The van der Waals surface area contributed by atoms with E-state index < -0.39 is 0 Å². The number of carbonyl (C=O) groups is 1. The zero-order valence-corrected chi connectivity index (χ0v) is 5.32. The van der Waals surface area contributed by atoms with Gasteiger partial charge >= 0.3 is 0 Å². The van der Waals surface area contributed by atoms with Crippen LogP contribution >= 0.6 is 0 Å². The van der Waals surface area contributed by atoms with E-state index in [1.807, 2.05) is 0 Å². The molecule has 0 bridgehead atoms. The Bertz CT molecular complexity index is 222. The van der Waals surface area contributed by atoms with Crippen LogP contribution in [0.1, 0.15) is 10.5 Å². The summed E-state index contributed by atoms with van der Waals surface area (Å²) in [6.07, 6.45) is 2.83. The molecule has 0 spiro atoms. The van der Waals surface area contributed by atoms with Crippen molar-refractivity contribution in [3.8, 4) is 0 Å². The molecule has 0 aliphatic rings. The van der Waals surface area contributed by atoms with Crippen LogP contribution in [-0.4, -0.2) is 22.3 Å². The lowest BCUT2D eigenvalue weighted by atomic mass is 10.3. The van der Waals surface area contributed by atoms with Gasteiger partial charge in [-0.1, -0.05) is 0 Å². The number of rotatable bonds is 2. The van der Waals surface area contributed by atoms with Crippen LogP contribution in [0.3, 0.4) is 0 Å². The van der Waals surface area contributed by atoms with Gasteiger partial charge in [0, 0.05) is 6.20 Å². The monoisotopic (exact) mass is 137 g/mol. The largest absolute Gasteiger partial charge is 0.324 e. The van der Waals surface area contributed by atoms with Gasteiger partial charge in [-0.15, -0.1) is 0 Å². The highest BCUT2D eigenvalue weighted by Gasteiger charge is 2.01. The first kappa shape index (κ1) is 6.82. The first-order valence-corrected chi connectivity index (χ1v) is 2.84. The van der Waals surface area contributed by atoms with Crippen LogP contribution in [0.5, 0.6) is 0 Å². The first-order chi connectivity index (χ1) is 4.84. The predicted molar refractivity (Wildman–Crippen MR) is 35.4 cm³/mol. The fourth-order valence-electron chi connectivity index (χ4n) is 0.560. The van der Waals surface area contributed by atoms with Gasteiger partial charge in [0.2, 0.25) is 0 Å². The third kappa shape index (κ3) is 1.35. The molecule has 1 heterocycles. The van der Waals surface area contributed by atoms with Crippen LogP contribution in [-0.2, 0) is 0 Å². The summed E-state index contributed by atoms with van der Waals surface area (Å²) in [5.41, 5.74) is 5.47. The van der Waals surface area contributed by atoms with Gasteiger partial charge in [0.1, 0.15) is 12.0 Å². The number of hydrogen-bond acceptors (Lipinski definition) is 4. The molecule has 0 atom stereocenters. The van der Waals surface area contributed by atoms with E-state index in [9.17, 15) is 4.79 Å². The molecule has 0 unspecified atom stereocenters. The summed E-state index contributed by atoms with van der Waals surface area (Å²) >= 11 is 0. The summed E-state index contributed by atoms with van der Waals surface area (Å²) in [7, 11) is 0. The second-order valence-electron chi connectivity index (χ2n) is 1.72. The fourth-order valence-corrected chi connectivity index (χ4v) is 0.560. The molecule has 0 radical (unpaired) electrons. The van der Waals surface area contributed by atoms with Crippen molar-refractivity contribution in [3.63, 3.8) is 0 Å². The SMILES string of the molecule is NCC(=O)c1ccncn1. The minimum atomic E-state index is -0.164. The normalized spacial score (nSPS) is 9.30. The Balaban J connectivity index is 2.85. The number of carbonyl (C=O) groups excluding carboxylic acids is 1. The van der Waals surface area contributed by atoms with Gasteiger partial charge in [0.15, 0.2) is 5.78 Å². The standard InChI is InChI=1S/C6H7N3O/c7-3-6(10)5-1-2-8-4-9-5/h1-2,4H,3,7H2. The van der Waals surface area contributed by atoms with Crippen molar-refractivity contribution in [1.29, 1.82) is 0 Å². The van der Waals surface area contributed by atoms with Gasteiger partial charge in [0.05, 0.1) is 6.54 Å². The third-order valence-electron chi connectivity index (χ3n) is 1.05. The maximum absolute atomic E-state index is 10.8. The molecule has 0 aliphatic heterocycles. The van der Waals surface area contributed by atoms with Gasteiger partial charge < -0.3 is 5.73 Å². The van der Waals surface area contributed by atoms with Gasteiger partial charge in [-0.3, -0.25) is 4.79 Å². The minimum Gasteiger partial charge on any atom is -0.324 e. The topological polar surface area (TPSA) is 68.9 Å². The highest BCUT2D eigenvalue weighted by atomic mass is 16.1. The third-order valence-corrected chi connectivity index (χ3v) is 1.05. The molecule has 1 aromatic heterocycles. The van der Waals surface area contributed by atoms with Crippen molar-refractivity contribution < 1.29 is 4.79 Å². The molecule has 0 saturated carbocycles. The molecule has 0 aromatic carbocycles. The Morgan fingerprint density at radius 2 is 2.50 bits per heavy atom. The quantitative estimate of drug-likeness (QED) is 0.564. The fraction of sp³-hybridized carbons (Fsp3) is 0.167. The molecule has 0 saturated heterocycles. The number of aromatic nitrogens is 2. The van der Waals surface area contributed by atoms with Crippen LogP contribution in [0.25, 0.3) is 0 Å². The van der Waals surface area contributed by atoms with Gasteiger partial charge in [-0.2, -0.15) is 0 Å². The Kier molecular flexibility index (Phi) is 2.07. The zero-order chi connectivity index (χ0) is 7.40. The Morgan fingerprint density at radius 1 is 1.70 bits per heavy atom. The summed E-state index contributed by atoms with van der Waals surface area (Å²) in [6, 6.07) is 1.54. The van der Waals surface area contributed by atoms with Crippen molar-refractivity contribution >= 4 is 5.78 Å². The Hall–Kier alpha value is -1.29. The Labute approximate surface area is 58.1 Å². The summed E-state index contributed by atoms with van der Waals surface area (Å²) in [5.74, 6) is -0.164. The average Bonchev–Trinajstić information content (AvgIpc) is 2.05. The number of nitrogens with two attached hydrogens (primary N) is 1. The Morgan fingerprint density at radius 3 is 3.00 bits per heavy atom. The molecule has 1 aromatic rings. The predicted octanol–water partition coefficient (Wildman–Crippen LogP) is -0.382. The van der Waals surface area contributed by atoms with E-state index in [1.54, 1.807) is 0 Å². The number of ketones is 1. The molecule has 2 N–H and O–H groups in total. The molecule has 10 heavy (non-hydrogen) atoms. The van der Waals surface area contributed by atoms with Crippen molar-refractivity contribution in [3.05, 3.63) is 24.3 Å². The minimum absolute atomic E-state index is 0.00296. The molecule has 4 nitrogen and oxygen atoms in total.